The fraction of sp³-hybridized carbons (Fsp3) is 0.414. The second-order valence-electron chi connectivity index (χ2n) is 9.69. The summed E-state index contributed by atoms with van der Waals surface area (Å²) in [5.41, 5.74) is 3.46. The van der Waals surface area contributed by atoms with Gasteiger partial charge in [-0.3, -0.25) is 14.6 Å². The minimum absolute atomic E-state index is 0.0451. The summed E-state index contributed by atoms with van der Waals surface area (Å²) in [5, 5.41) is 2.98. The second kappa shape index (κ2) is 11.7. The zero-order valence-electron chi connectivity index (χ0n) is 22.7. The number of hydrogen-bond donors (Lipinski definition) is 1. The van der Waals surface area contributed by atoms with Crippen LogP contribution in [0.15, 0.2) is 59.8 Å². The Labute approximate surface area is 224 Å². The van der Waals surface area contributed by atoms with Crippen molar-refractivity contribution in [2.45, 2.75) is 32.9 Å². The van der Waals surface area contributed by atoms with Crippen molar-refractivity contribution in [3.05, 3.63) is 76.5 Å². The standard InChI is InChI=1S/C29H36N4O5/c1-6-38-28(35)25-24(31(4)29(36)30-26(25)23-13-8-7-10-19(23)2)18-32-14-15-33(20(3)17-32)27(34)21-11-9-12-22(16-21)37-5/h7-13,16,20,26H,6,14-15,17-18H2,1-5H3,(H,30,36)/t20-,26+/m0/s1. The van der Waals surface area contributed by atoms with Crippen LogP contribution in [0.5, 0.6) is 5.75 Å². The molecule has 202 valence electrons. The smallest absolute Gasteiger partial charge is 0.338 e. The molecule has 9 heteroatoms. The van der Waals surface area contributed by atoms with Crippen molar-refractivity contribution in [3.8, 4) is 5.75 Å². The van der Waals surface area contributed by atoms with Crippen LogP contribution in [0.3, 0.4) is 0 Å². The molecule has 0 unspecified atom stereocenters. The van der Waals surface area contributed by atoms with Gasteiger partial charge in [-0.05, 0) is 50.1 Å². The van der Waals surface area contributed by atoms with E-state index in [1.54, 1.807) is 33.2 Å². The van der Waals surface area contributed by atoms with Gasteiger partial charge in [0.15, 0.2) is 0 Å². The zero-order valence-corrected chi connectivity index (χ0v) is 22.7. The summed E-state index contributed by atoms with van der Waals surface area (Å²) in [4.78, 5) is 45.1. The molecular formula is C29H36N4O5. The lowest BCUT2D eigenvalue weighted by atomic mass is 9.91. The fourth-order valence-electron chi connectivity index (χ4n) is 5.15. The van der Waals surface area contributed by atoms with Crippen molar-refractivity contribution in [2.75, 3.05) is 46.9 Å². The number of aryl methyl sites for hydroxylation is 1. The number of benzene rings is 2. The van der Waals surface area contributed by atoms with Crippen LogP contribution >= 0.6 is 0 Å². The first-order valence-electron chi connectivity index (χ1n) is 12.9. The lowest BCUT2D eigenvalue weighted by molar-refractivity contribution is -0.139. The SMILES string of the molecule is CCOC(=O)C1=C(CN2CCN(C(=O)c3cccc(OC)c3)[C@@H](C)C2)N(C)C(=O)N[C@@H]1c1ccccc1C. The first-order chi connectivity index (χ1) is 18.2. The number of carbonyl (C=O) groups is 3. The summed E-state index contributed by atoms with van der Waals surface area (Å²) in [6.07, 6.45) is 0. The van der Waals surface area contributed by atoms with E-state index in [2.05, 4.69) is 10.2 Å². The number of likely N-dealkylation sites (N-methyl/N-ethyl adjacent to an activating group) is 1. The van der Waals surface area contributed by atoms with Crippen molar-refractivity contribution in [1.29, 1.82) is 0 Å². The number of esters is 1. The largest absolute Gasteiger partial charge is 0.497 e. The maximum atomic E-state index is 13.3. The van der Waals surface area contributed by atoms with E-state index < -0.39 is 12.0 Å². The van der Waals surface area contributed by atoms with E-state index in [-0.39, 0.29) is 24.6 Å². The summed E-state index contributed by atoms with van der Waals surface area (Å²) < 4.78 is 10.7. The van der Waals surface area contributed by atoms with Crippen LogP contribution in [0.2, 0.25) is 0 Å². The van der Waals surface area contributed by atoms with Crippen LogP contribution in [0.25, 0.3) is 0 Å². The summed E-state index contributed by atoms with van der Waals surface area (Å²) >= 11 is 0. The fourth-order valence-corrected chi connectivity index (χ4v) is 5.15. The van der Waals surface area contributed by atoms with Crippen molar-refractivity contribution in [1.82, 2.24) is 20.0 Å². The van der Waals surface area contributed by atoms with E-state index >= 15 is 0 Å². The molecule has 2 aliphatic heterocycles. The van der Waals surface area contributed by atoms with E-state index in [1.165, 1.54) is 4.90 Å². The third-order valence-corrected chi connectivity index (χ3v) is 7.23. The minimum Gasteiger partial charge on any atom is -0.497 e. The second-order valence-corrected chi connectivity index (χ2v) is 9.69. The van der Waals surface area contributed by atoms with Crippen molar-refractivity contribution in [3.63, 3.8) is 0 Å². The molecule has 1 N–H and O–H groups in total. The number of urea groups is 1. The molecule has 1 fully saturated rings. The number of ether oxygens (including phenoxy) is 2. The summed E-state index contributed by atoms with van der Waals surface area (Å²) in [6.45, 7) is 8.08. The molecule has 9 nitrogen and oxygen atoms in total. The van der Waals surface area contributed by atoms with Crippen molar-refractivity contribution < 1.29 is 23.9 Å². The highest BCUT2D eigenvalue weighted by atomic mass is 16.5. The molecule has 0 aromatic heterocycles. The van der Waals surface area contributed by atoms with Crippen molar-refractivity contribution in [2.24, 2.45) is 0 Å². The molecule has 3 amide bonds. The zero-order chi connectivity index (χ0) is 27.4. The summed E-state index contributed by atoms with van der Waals surface area (Å²) in [5.74, 6) is 0.154. The Kier molecular flexibility index (Phi) is 8.36. The molecule has 4 rings (SSSR count). The van der Waals surface area contributed by atoms with Gasteiger partial charge in [-0.2, -0.15) is 0 Å². The molecule has 2 atom stereocenters. The number of rotatable bonds is 7. The first kappa shape index (κ1) is 27.2. The van der Waals surface area contributed by atoms with E-state index in [0.29, 0.717) is 48.8 Å². The Balaban J connectivity index is 1.60. The van der Waals surface area contributed by atoms with E-state index in [4.69, 9.17) is 9.47 Å². The number of piperazine rings is 1. The van der Waals surface area contributed by atoms with Gasteiger partial charge in [-0.15, -0.1) is 0 Å². The molecular weight excluding hydrogens is 484 g/mol. The Morgan fingerprint density at radius 1 is 1.11 bits per heavy atom. The molecule has 0 radical (unpaired) electrons. The Hall–Kier alpha value is -3.85. The number of nitrogens with one attached hydrogen (secondary N) is 1. The van der Waals surface area contributed by atoms with Gasteiger partial charge in [0, 0.05) is 50.5 Å². The quantitative estimate of drug-likeness (QED) is 0.563. The van der Waals surface area contributed by atoms with Crippen LogP contribution < -0.4 is 10.1 Å². The van der Waals surface area contributed by atoms with Gasteiger partial charge in [0.1, 0.15) is 5.75 Å². The third-order valence-electron chi connectivity index (χ3n) is 7.23. The Bertz CT molecular complexity index is 1240. The number of carbonyl (C=O) groups excluding carboxylic acids is 3. The molecule has 0 aliphatic carbocycles. The predicted molar refractivity (Wildman–Crippen MR) is 144 cm³/mol. The first-order valence-corrected chi connectivity index (χ1v) is 12.9. The van der Waals surface area contributed by atoms with Crippen LogP contribution in [0.1, 0.15) is 41.4 Å². The van der Waals surface area contributed by atoms with Crippen LogP contribution in [-0.2, 0) is 9.53 Å². The van der Waals surface area contributed by atoms with Crippen LogP contribution in [0.4, 0.5) is 4.79 Å². The molecule has 1 saturated heterocycles. The van der Waals surface area contributed by atoms with Gasteiger partial charge in [-0.25, -0.2) is 9.59 Å². The highest BCUT2D eigenvalue weighted by molar-refractivity contribution is 5.96. The van der Waals surface area contributed by atoms with Gasteiger partial charge < -0.3 is 19.7 Å². The number of hydrogen-bond acceptors (Lipinski definition) is 6. The maximum absolute atomic E-state index is 13.3. The van der Waals surface area contributed by atoms with Gasteiger partial charge in [0.05, 0.1) is 25.3 Å². The monoisotopic (exact) mass is 520 g/mol. The molecule has 0 spiro atoms. The van der Waals surface area contributed by atoms with E-state index in [1.807, 2.05) is 55.1 Å². The average Bonchev–Trinajstić information content (AvgIpc) is 2.91. The average molecular weight is 521 g/mol. The molecule has 2 aliphatic rings. The topological polar surface area (TPSA) is 91.4 Å². The van der Waals surface area contributed by atoms with Gasteiger partial charge in [-0.1, -0.05) is 30.3 Å². The Morgan fingerprint density at radius 3 is 2.55 bits per heavy atom. The lowest BCUT2D eigenvalue weighted by Crippen LogP contribution is -2.56. The maximum Gasteiger partial charge on any atom is 0.338 e. The van der Waals surface area contributed by atoms with E-state index in [0.717, 1.165) is 11.1 Å². The number of amides is 3. The molecule has 0 bridgehead atoms. The summed E-state index contributed by atoms with van der Waals surface area (Å²) in [6, 6.07) is 13.9. The molecule has 2 aromatic carbocycles. The summed E-state index contributed by atoms with van der Waals surface area (Å²) in [7, 11) is 3.25. The molecule has 2 aromatic rings. The lowest BCUT2D eigenvalue weighted by Gasteiger charge is -2.42. The van der Waals surface area contributed by atoms with Crippen molar-refractivity contribution >= 4 is 17.9 Å². The highest BCUT2D eigenvalue weighted by Gasteiger charge is 2.39. The van der Waals surface area contributed by atoms with Crippen LogP contribution in [-0.4, -0.2) is 85.6 Å². The molecule has 0 saturated carbocycles. The van der Waals surface area contributed by atoms with Gasteiger partial charge >= 0.3 is 12.0 Å². The highest BCUT2D eigenvalue weighted by Crippen LogP contribution is 2.33. The van der Waals surface area contributed by atoms with Crippen LogP contribution in [0, 0.1) is 6.92 Å². The number of methoxy groups -OCH3 is 1. The number of nitrogens with zero attached hydrogens (tertiary/aromatic N) is 3. The van der Waals surface area contributed by atoms with Gasteiger partial charge in [0.25, 0.3) is 5.91 Å². The third kappa shape index (κ3) is 5.52. The molecule has 38 heavy (non-hydrogen) atoms. The predicted octanol–water partition coefficient (Wildman–Crippen LogP) is 3.36. The molecule has 2 heterocycles. The minimum atomic E-state index is -0.609. The van der Waals surface area contributed by atoms with E-state index in [9.17, 15) is 14.4 Å². The normalized spacial score (nSPS) is 20.3. The Morgan fingerprint density at radius 2 is 1.87 bits per heavy atom. The van der Waals surface area contributed by atoms with Gasteiger partial charge in [0.2, 0.25) is 0 Å².